The highest BCUT2D eigenvalue weighted by atomic mass is 35.5. The number of carbonyl (C=O) groups excluding carboxylic acids is 3. The number of aryl methyl sites for hydroxylation is 1. The molecule has 0 saturated carbocycles. The molecule has 8 nitrogen and oxygen atoms in total. The first-order chi connectivity index (χ1) is 22.9. The molecular formula is C39H44ClN3O5. The van der Waals surface area contributed by atoms with Crippen molar-refractivity contribution in [2.45, 2.75) is 71.3 Å². The Kier molecular flexibility index (Phi) is 11.0. The lowest BCUT2D eigenvalue weighted by Gasteiger charge is -2.33. The maximum Gasteiger partial charge on any atom is 0.287 e. The van der Waals surface area contributed by atoms with Crippen LogP contribution in [0.5, 0.6) is 0 Å². The number of piperidine rings is 1. The molecule has 2 saturated heterocycles. The number of hydrogen-bond acceptors (Lipinski definition) is 5. The third kappa shape index (κ3) is 8.72. The summed E-state index contributed by atoms with van der Waals surface area (Å²) in [6.07, 6.45) is 3.19. The molecular weight excluding hydrogens is 626 g/mol. The highest BCUT2D eigenvalue weighted by Crippen LogP contribution is 2.32. The fourth-order valence-electron chi connectivity index (χ4n) is 6.22. The van der Waals surface area contributed by atoms with E-state index >= 15 is 0 Å². The number of rotatable bonds is 6. The number of amides is 3. The lowest BCUT2D eigenvalue weighted by molar-refractivity contribution is -0.131. The van der Waals surface area contributed by atoms with Crippen molar-refractivity contribution < 1.29 is 18.8 Å². The van der Waals surface area contributed by atoms with Crippen molar-refractivity contribution >= 4 is 40.3 Å². The van der Waals surface area contributed by atoms with Gasteiger partial charge < -0.3 is 19.5 Å². The van der Waals surface area contributed by atoms with E-state index in [9.17, 15) is 19.2 Å². The molecule has 4 aromatic rings. The summed E-state index contributed by atoms with van der Waals surface area (Å²) in [5.74, 6) is -0.332. The number of halogens is 1. The van der Waals surface area contributed by atoms with Crippen molar-refractivity contribution in [3.63, 3.8) is 0 Å². The summed E-state index contributed by atoms with van der Waals surface area (Å²) in [5, 5.41) is 3.85. The predicted molar refractivity (Wildman–Crippen MR) is 189 cm³/mol. The molecule has 3 aromatic carbocycles. The largest absolute Gasteiger partial charge is 0.451 e. The van der Waals surface area contributed by atoms with Gasteiger partial charge in [0.1, 0.15) is 5.58 Å². The van der Waals surface area contributed by atoms with Gasteiger partial charge in [0.05, 0.1) is 11.9 Å². The van der Waals surface area contributed by atoms with Gasteiger partial charge in [-0.05, 0) is 78.5 Å². The molecule has 1 aromatic heterocycles. The lowest BCUT2D eigenvalue weighted by Crippen LogP contribution is -2.44. The summed E-state index contributed by atoms with van der Waals surface area (Å²) >= 11 is 5.61. The minimum Gasteiger partial charge on any atom is -0.451 e. The van der Waals surface area contributed by atoms with E-state index < -0.39 is 5.91 Å². The molecule has 0 bridgehead atoms. The van der Waals surface area contributed by atoms with Crippen LogP contribution < -0.4 is 10.7 Å². The first-order valence-corrected chi connectivity index (χ1v) is 17.0. The van der Waals surface area contributed by atoms with Crippen LogP contribution in [0.15, 0.2) is 82.0 Å². The molecule has 0 unspecified atom stereocenters. The van der Waals surface area contributed by atoms with Crippen molar-refractivity contribution in [1.82, 2.24) is 15.1 Å². The molecule has 48 heavy (non-hydrogen) atoms. The van der Waals surface area contributed by atoms with Gasteiger partial charge >= 0.3 is 0 Å². The van der Waals surface area contributed by atoms with E-state index in [1.165, 1.54) is 22.8 Å². The minimum absolute atomic E-state index is 0.111. The first-order valence-electron chi connectivity index (χ1n) is 16.6. The third-order valence-electron chi connectivity index (χ3n) is 9.10. The predicted octanol–water partition coefficient (Wildman–Crippen LogP) is 7.00. The number of carbonyl (C=O) groups is 3. The molecule has 0 radical (unpaired) electrons. The van der Waals surface area contributed by atoms with Crippen molar-refractivity contribution in [3.05, 3.63) is 116 Å². The van der Waals surface area contributed by atoms with Gasteiger partial charge in [-0.2, -0.15) is 0 Å². The van der Waals surface area contributed by atoms with Gasteiger partial charge in [-0.3, -0.25) is 19.2 Å². The molecule has 3 heterocycles. The van der Waals surface area contributed by atoms with E-state index in [0.29, 0.717) is 42.9 Å². The highest BCUT2D eigenvalue weighted by Gasteiger charge is 2.27. The third-order valence-corrected chi connectivity index (χ3v) is 9.36. The fraction of sp³-hybridized carbons (Fsp3) is 0.385. The SMILES string of the molecule is CC(C)(C)c1ccc2oc(C(=O)NCC(=O)N3CCC(c4ccccc4CN4CCCC4=O)CC3)cc(=O)c2c1.Cc1ccc(Cl)cc1. The first kappa shape index (κ1) is 34.9. The number of nitrogens with zero attached hydrogens (tertiary/aromatic N) is 2. The second kappa shape index (κ2) is 15.2. The van der Waals surface area contributed by atoms with E-state index in [1.807, 2.05) is 54.3 Å². The molecule has 9 heteroatoms. The molecule has 1 N–H and O–H groups in total. The van der Waals surface area contributed by atoms with Crippen LogP contribution in [0, 0.1) is 6.92 Å². The molecule has 2 aliphatic rings. The van der Waals surface area contributed by atoms with E-state index in [4.69, 9.17) is 16.0 Å². The highest BCUT2D eigenvalue weighted by molar-refractivity contribution is 6.30. The van der Waals surface area contributed by atoms with E-state index in [0.717, 1.165) is 36.4 Å². The maximum absolute atomic E-state index is 12.9. The van der Waals surface area contributed by atoms with Crippen LogP contribution in [0.2, 0.25) is 5.02 Å². The topological polar surface area (TPSA) is 99.9 Å². The standard InChI is InChI=1S/C32H37N3O5.C7H7Cl/c1-32(2,3)23-10-11-27-25(17-23)26(36)18-28(40-27)31(39)33-19-30(38)34-15-12-21(13-16-34)24-8-5-4-7-22(24)20-35-14-6-9-29(35)37;1-6-2-4-7(8)5-3-6/h4-5,7-8,10-11,17-18,21H,6,9,12-16,19-20H2,1-3H3,(H,33,39);2-5H,1H3. The van der Waals surface area contributed by atoms with Crippen molar-refractivity contribution in [2.75, 3.05) is 26.2 Å². The van der Waals surface area contributed by atoms with Crippen LogP contribution >= 0.6 is 11.6 Å². The van der Waals surface area contributed by atoms with Crippen LogP contribution in [0.25, 0.3) is 11.0 Å². The summed E-state index contributed by atoms with van der Waals surface area (Å²) in [6, 6.07) is 22.6. The zero-order valence-electron chi connectivity index (χ0n) is 28.2. The van der Waals surface area contributed by atoms with Gasteiger partial charge in [0.25, 0.3) is 5.91 Å². The van der Waals surface area contributed by atoms with Gasteiger partial charge in [-0.1, -0.05) is 80.4 Å². The van der Waals surface area contributed by atoms with E-state index in [1.54, 1.807) is 17.0 Å². The molecule has 6 rings (SSSR count). The molecule has 0 aliphatic carbocycles. The smallest absolute Gasteiger partial charge is 0.287 e. The van der Waals surface area contributed by atoms with Crippen LogP contribution in [0.3, 0.4) is 0 Å². The van der Waals surface area contributed by atoms with Crippen molar-refractivity contribution in [2.24, 2.45) is 0 Å². The molecule has 0 spiro atoms. The Bertz CT molecular complexity index is 1810. The second-order valence-electron chi connectivity index (χ2n) is 13.7. The normalized spacial score (nSPS) is 15.3. The summed E-state index contributed by atoms with van der Waals surface area (Å²) in [5.41, 5.74) is 4.61. The van der Waals surface area contributed by atoms with Gasteiger partial charge in [0, 0.05) is 43.7 Å². The number of benzene rings is 3. The molecule has 2 fully saturated rings. The number of nitrogens with one attached hydrogen (secondary N) is 1. The molecule has 3 amide bonds. The fourth-order valence-corrected chi connectivity index (χ4v) is 6.34. The Balaban J connectivity index is 0.000000494. The lowest BCUT2D eigenvalue weighted by atomic mass is 9.86. The summed E-state index contributed by atoms with van der Waals surface area (Å²) in [4.78, 5) is 54.2. The Morgan fingerprint density at radius 2 is 1.65 bits per heavy atom. The van der Waals surface area contributed by atoms with Crippen molar-refractivity contribution in [3.8, 4) is 0 Å². The van der Waals surface area contributed by atoms with Gasteiger partial charge in [0.2, 0.25) is 11.8 Å². The summed E-state index contributed by atoms with van der Waals surface area (Å²) in [6.45, 7) is 10.7. The quantitative estimate of drug-likeness (QED) is 0.238. The number of likely N-dealkylation sites (tertiary alicyclic amines) is 2. The Morgan fingerprint density at radius 1 is 0.938 bits per heavy atom. The molecule has 252 valence electrons. The number of hydrogen-bond donors (Lipinski definition) is 1. The van der Waals surface area contributed by atoms with Crippen LogP contribution in [0.1, 0.15) is 85.2 Å². The second-order valence-corrected chi connectivity index (χ2v) is 14.1. The monoisotopic (exact) mass is 669 g/mol. The summed E-state index contributed by atoms with van der Waals surface area (Å²) < 4.78 is 5.72. The zero-order chi connectivity index (χ0) is 34.4. The Labute approximate surface area is 287 Å². The maximum atomic E-state index is 12.9. The van der Waals surface area contributed by atoms with Crippen molar-refractivity contribution in [1.29, 1.82) is 0 Å². The van der Waals surface area contributed by atoms with Gasteiger partial charge in [-0.25, -0.2) is 0 Å². The van der Waals surface area contributed by atoms with Crippen LogP contribution in [-0.2, 0) is 21.5 Å². The zero-order valence-corrected chi connectivity index (χ0v) is 28.9. The van der Waals surface area contributed by atoms with Crippen LogP contribution in [0.4, 0.5) is 0 Å². The van der Waals surface area contributed by atoms with Gasteiger partial charge in [-0.15, -0.1) is 0 Å². The molecule has 0 atom stereocenters. The Morgan fingerprint density at radius 3 is 2.29 bits per heavy atom. The minimum atomic E-state index is -0.590. The number of fused-ring (bicyclic) bond motifs is 1. The van der Waals surface area contributed by atoms with Gasteiger partial charge in [0.15, 0.2) is 11.2 Å². The average Bonchev–Trinajstić information content (AvgIpc) is 3.48. The summed E-state index contributed by atoms with van der Waals surface area (Å²) in [7, 11) is 0. The average molecular weight is 670 g/mol. The molecule has 2 aliphatic heterocycles. The van der Waals surface area contributed by atoms with E-state index in [2.05, 4.69) is 38.2 Å². The van der Waals surface area contributed by atoms with E-state index in [-0.39, 0.29) is 35.0 Å². The Hall–Kier alpha value is -4.43. The van der Waals surface area contributed by atoms with Crippen LogP contribution in [-0.4, -0.2) is 53.7 Å².